The van der Waals surface area contributed by atoms with Gasteiger partial charge in [0.1, 0.15) is 23.0 Å². The lowest BCUT2D eigenvalue weighted by molar-refractivity contribution is -0.0226. The third-order valence-corrected chi connectivity index (χ3v) is 26.6. The van der Waals surface area contributed by atoms with E-state index in [1.165, 1.54) is 122 Å². The Bertz CT molecular complexity index is 2540. The van der Waals surface area contributed by atoms with Gasteiger partial charge in [-0.1, -0.05) is 52.0 Å². The number of fused-ring (bicyclic) bond motifs is 20. The summed E-state index contributed by atoms with van der Waals surface area (Å²) in [6.45, 7) is 9.27. The molecule has 8 heteroatoms. The lowest BCUT2D eigenvalue weighted by atomic mass is 9.55. The number of aryl methyl sites for hydroxylation is 4. The fourth-order valence-electron chi connectivity index (χ4n) is 22.2. The third kappa shape index (κ3) is 9.09. The zero-order chi connectivity index (χ0) is 55.6. The van der Waals surface area contributed by atoms with Crippen LogP contribution in [0.3, 0.4) is 0 Å². The molecule has 8 saturated carbocycles. The topological polar surface area (TPSA) is 162 Å². The van der Waals surface area contributed by atoms with Gasteiger partial charge in [-0.25, -0.2) is 0 Å². The van der Waals surface area contributed by atoms with Crippen molar-refractivity contribution in [2.24, 2.45) is 69.0 Å². The number of phenolic OH excluding ortho intramolecular Hbond substituents is 4. The molecule has 0 unspecified atom stereocenters. The zero-order valence-electron chi connectivity index (χ0n) is 48.7. The number of hydrogen-bond donors (Lipinski definition) is 8. The molecular formula is C72H96O8. The highest BCUT2D eigenvalue weighted by Gasteiger charge is 2.58. The standard InChI is InChI=1S/4C18H24O2/c4*1-18-9-8-14-13-5-3-12(19)10-11(13)2-4-15(14)16(18)6-7-17(18)20/h4*3,5,10,14-17,19-20H,2,4,6-9H2,1H3/t14-,15-,16+,17+,18+;14-,15-,16+,17+,18-;2*14-,15-,16+,17-,18+/m1111/s1. The summed E-state index contributed by atoms with van der Waals surface area (Å²) >= 11 is 0. The van der Waals surface area contributed by atoms with E-state index in [4.69, 9.17) is 0 Å². The van der Waals surface area contributed by atoms with Crippen LogP contribution >= 0.6 is 0 Å². The van der Waals surface area contributed by atoms with Crippen molar-refractivity contribution in [1.82, 2.24) is 0 Å². The molecule has 16 rings (SSSR count). The van der Waals surface area contributed by atoms with Gasteiger partial charge in [-0.15, -0.1) is 0 Å². The Morgan fingerprint density at radius 3 is 0.713 bits per heavy atom. The maximum Gasteiger partial charge on any atom is 0.115 e. The Hall–Kier alpha value is -4.08. The Kier molecular flexibility index (Phi) is 14.4. The molecule has 8 nitrogen and oxygen atoms in total. The zero-order valence-corrected chi connectivity index (χ0v) is 48.7. The molecule has 4 aromatic carbocycles. The lowest BCUT2D eigenvalue weighted by Crippen LogP contribution is -2.43. The van der Waals surface area contributed by atoms with E-state index in [9.17, 15) is 40.9 Å². The number of benzene rings is 4. The molecule has 4 aromatic rings. The molecule has 0 amide bonds. The lowest BCUT2D eigenvalue weighted by Gasteiger charge is -2.50. The second kappa shape index (κ2) is 20.9. The Labute approximate surface area is 477 Å². The normalized spacial score (nSPS) is 42.7. The van der Waals surface area contributed by atoms with Gasteiger partial charge in [-0.05, 0) is 340 Å². The van der Waals surface area contributed by atoms with E-state index in [1.807, 2.05) is 48.5 Å². The van der Waals surface area contributed by atoms with Crippen molar-refractivity contribution in [3.63, 3.8) is 0 Å². The largest absolute Gasteiger partial charge is 0.508 e. The van der Waals surface area contributed by atoms with Crippen molar-refractivity contribution >= 4 is 0 Å². The molecule has 0 spiro atoms. The van der Waals surface area contributed by atoms with Crippen molar-refractivity contribution in [3.05, 3.63) is 117 Å². The molecule has 0 saturated heterocycles. The highest BCUT2D eigenvalue weighted by Crippen LogP contribution is 2.65. The predicted octanol–water partition coefficient (Wildman–Crippen LogP) is 14.4. The minimum Gasteiger partial charge on any atom is -0.508 e. The maximum atomic E-state index is 10.4. The first kappa shape index (κ1) is 55.1. The first-order valence-electron chi connectivity index (χ1n) is 32.4. The summed E-state index contributed by atoms with van der Waals surface area (Å²) in [5.74, 6) is 9.96. The smallest absolute Gasteiger partial charge is 0.115 e. The number of phenols is 4. The van der Waals surface area contributed by atoms with Crippen molar-refractivity contribution in [2.75, 3.05) is 0 Å². The van der Waals surface area contributed by atoms with Crippen molar-refractivity contribution in [1.29, 1.82) is 0 Å². The van der Waals surface area contributed by atoms with Crippen molar-refractivity contribution < 1.29 is 40.9 Å². The average molecular weight is 1090 g/mol. The van der Waals surface area contributed by atoms with E-state index in [1.54, 1.807) is 0 Å². The molecule has 0 aliphatic heterocycles. The van der Waals surface area contributed by atoms with E-state index in [-0.39, 0.29) is 46.1 Å². The minimum absolute atomic E-state index is 0.0883. The molecule has 0 aromatic heterocycles. The van der Waals surface area contributed by atoms with Gasteiger partial charge < -0.3 is 40.9 Å². The fraction of sp³-hybridized carbons (Fsp3) is 0.667. The molecule has 0 bridgehead atoms. The van der Waals surface area contributed by atoms with Gasteiger partial charge in [0, 0.05) is 0 Å². The van der Waals surface area contributed by atoms with Gasteiger partial charge in [-0.3, -0.25) is 0 Å². The summed E-state index contributed by atoms with van der Waals surface area (Å²) in [7, 11) is 0. The highest BCUT2D eigenvalue weighted by atomic mass is 16.3. The first-order chi connectivity index (χ1) is 38.4. The van der Waals surface area contributed by atoms with Gasteiger partial charge in [-0.2, -0.15) is 0 Å². The Balaban J connectivity index is 0.000000101. The van der Waals surface area contributed by atoms with Gasteiger partial charge in [0.2, 0.25) is 0 Å². The fourth-order valence-corrected chi connectivity index (χ4v) is 22.2. The summed E-state index contributed by atoms with van der Waals surface area (Å²) in [5.41, 5.74) is 12.0. The molecule has 8 N–H and O–H groups in total. The Morgan fingerprint density at radius 2 is 0.500 bits per heavy atom. The van der Waals surface area contributed by atoms with Gasteiger partial charge >= 0.3 is 0 Å². The molecule has 432 valence electrons. The predicted molar refractivity (Wildman–Crippen MR) is 315 cm³/mol. The number of aromatic hydroxyl groups is 4. The molecule has 20 atom stereocenters. The summed E-state index contributed by atoms with van der Waals surface area (Å²) in [6.07, 6.45) is 27.1. The van der Waals surface area contributed by atoms with Crippen molar-refractivity contribution in [2.45, 2.75) is 230 Å². The van der Waals surface area contributed by atoms with Crippen LogP contribution in [0.2, 0.25) is 0 Å². The van der Waals surface area contributed by atoms with Crippen LogP contribution in [0, 0.1) is 69.0 Å². The van der Waals surface area contributed by atoms with Crippen LogP contribution in [0.15, 0.2) is 72.8 Å². The Morgan fingerprint density at radius 1 is 0.287 bits per heavy atom. The number of rotatable bonds is 0. The van der Waals surface area contributed by atoms with E-state index < -0.39 is 0 Å². The van der Waals surface area contributed by atoms with Crippen LogP contribution in [0.1, 0.15) is 224 Å². The second-order valence-electron chi connectivity index (χ2n) is 29.7. The van der Waals surface area contributed by atoms with Gasteiger partial charge in [0.05, 0.1) is 24.4 Å². The van der Waals surface area contributed by atoms with E-state index in [0.29, 0.717) is 70.3 Å². The minimum atomic E-state index is -0.0883. The molecule has 80 heavy (non-hydrogen) atoms. The molecule has 0 radical (unpaired) electrons. The van der Waals surface area contributed by atoms with E-state index >= 15 is 0 Å². The van der Waals surface area contributed by atoms with Crippen LogP contribution in [-0.2, 0) is 25.7 Å². The van der Waals surface area contributed by atoms with Crippen molar-refractivity contribution in [3.8, 4) is 23.0 Å². The van der Waals surface area contributed by atoms with Gasteiger partial charge in [0.15, 0.2) is 0 Å². The van der Waals surface area contributed by atoms with E-state index in [2.05, 4.69) is 52.0 Å². The van der Waals surface area contributed by atoms with Crippen LogP contribution in [0.5, 0.6) is 23.0 Å². The van der Waals surface area contributed by atoms with Crippen LogP contribution in [0.25, 0.3) is 0 Å². The second-order valence-corrected chi connectivity index (χ2v) is 29.7. The summed E-state index contributed by atoms with van der Waals surface area (Å²) in [5, 5.41) is 80.2. The summed E-state index contributed by atoms with van der Waals surface area (Å²) in [4.78, 5) is 0. The average Bonchev–Trinajstić information content (AvgIpc) is 4.33. The molecule has 8 fully saturated rings. The number of hydrogen-bond acceptors (Lipinski definition) is 8. The monoisotopic (exact) mass is 1090 g/mol. The first-order valence-corrected chi connectivity index (χ1v) is 32.4. The van der Waals surface area contributed by atoms with Crippen LogP contribution < -0.4 is 0 Å². The maximum absolute atomic E-state index is 10.4. The van der Waals surface area contributed by atoms with Crippen LogP contribution in [-0.4, -0.2) is 65.3 Å². The summed E-state index contributed by atoms with van der Waals surface area (Å²) in [6, 6.07) is 23.8. The molecule has 0 heterocycles. The quantitative estimate of drug-likeness (QED) is 0.0863. The molecular weight excluding hydrogens is 993 g/mol. The van der Waals surface area contributed by atoms with Gasteiger partial charge in [0.25, 0.3) is 0 Å². The van der Waals surface area contributed by atoms with E-state index in [0.717, 1.165) is 101 Å². The highest BCUT2D eigenvalue weighted by molar-refractivity contribution is 5.44. The summed E-state index contributed by atoms with van der Waals surface area (Å²) < 4.78 is 0. The number of aliphatic hydroxyl groups excluding tert-OH is 4. The van der Waals surface area contributed by atoms with Crippen LogP contribution in [0.4, 0.5) is 0 Å². The molecule has 12 aliphatic carbocycles. The molecule has 12 aliphatic rings. The third-order valence-electron chi connectivity index (χ3n) is 26.6. The number of aliphatic hydroxyl groups is 4. The SMILES string of the molecule is C[C@@]12CC[C@@H]3c4ccc(O)cc4CC[C@H]3[C@@H]1CC[C@@H]2O.C[C@]12CC[C@@H]3c4ccc(O)cc4CC[C@H]3[C@@H]1CC[C@@H]2O.C[C@]12CC[C@@H]3c4ccc(O)cc4CC[C@H]3[C@@H]1CC[C@H]2O.C[C@]12CC[C@@H]3c4ccc(O)cc4CC[C@H]3[C@@H]1CC[C@H]2O.